The van der Waals surface area contributed by atoms with Crippen LogP contribution in [0.1, 0.15) is 23.0 Å². The molecule has 1 N–H and O–H groups in total. The number of nitrogens with one attached hydrogen (secondary N) is 1. The predicted octanol–water partition coefficient (Wildman–Crippen LogP) is 4.78. The Morgan fingerprint density at radius 2 is 2.26 bits per heavy atom. The van der Waals surface area contributed by atoms with Crippen LogP contribution in [0.15, 0.2) is 34.1 Å². The van der Waals surface area contributed by atoms with Crippen molar-refractivity contribution in [2.75, 3.05) is 6.54 Å². The molecule has 2 heterocycles. The smallest absolute Gasteiger partial charge is 0.139 e. The normalized spacial score (nSPS) is 18.7. The predicted molar refractivity (Wildman–Crippen MR) is 83.2 cm³/mol. The van der Waals surface area contributed by atoms with Crippen LogP contribution in [0.3, 0.4) is 0 Å². The molecule has 0 saturated heterocycles. The first-order valence-corrected chi connectivity index (χ1v) is 8.18. The monoisotopic (exact) mass is 357 g/mol. The van der Waals surface area contributed by atoms with Gasteiger partial charge in [0.05, 0.1) is 5.02 Å². The highest BCUT2D eigenvalue weighted by Gasteiger charge is 2.22. The highest BCUT2D eigenvalue weighted by Crippen LogP contribution is 2.37. The molecule has 2 aromatic rings. The second-order valence-corrected chi connectivity index (χ2v) is 6.66. The molecular formula is C14H13BrClNOS. The summed E-state index contributed by atoms with van der Waals surface area (Å²) in [6.07, 6.45) is 1.02. The topological polar surface area (TPSA) is 21.3 Å². The molecule has 0 saturated carbocycles. The second kappa shape index (κ2) is 5.83. The Kier molecular flexibility index (Phi) is 4.12. The molecule has 1 aromatic heterocycles. The van der Waals surface area contributed by atoms with Gasteiger partial charge in [-0.25, -0.2) is 0 Å². The van der Waals surface area contributed by atoms with Crippen LogP contribution in [0.25, 0.3) is 0 Å². The molecule has 5 heteroatoms. The fraction of sp³-hybridized carbons (Fsp3) is 0.286. The van der Waals surface area contributed by atoms with Gasteiger partial charge in [0.25, 0.3) is 0 Å². The number of rotatable bonds is 2. The van der Waals surface area contributed by atoms with Gasteiger partial charge >= 0.3 is 0 Å². The number of hydrogen-bond donors (Lipinski definition) is 1. The summed E-state index contributed by atoms with van der Waals surface area (Å²) in [7, 11) is 0. The van der Waals surface area contributed by atoms with E-state index in [2.05, 4.69) is 32.7 Å². The van der Waals surface area contributed by atoms with Gasteiger partial charge in [-0.2, -0.15) is 0 Å². The van der Waals surface area contributed by atoms with E-state index >= 15 is 0 Å². The number of benzene rings is 1. The fourth-order valence-corrected chi connectivity index (χ4v) is 3.64. The quantitative estimate of drug-likeness (QED) is 0.834. The Morgan fingerprint density at radius 1 is 1.37 bits per heavy atom. The molecule has 1 atom stereocenters. The van der Waals surface area contributed by atoms with Crippen LogP contribution < -0.4 is 10.1 Å². The molecule has 3 rings (SSSR count). The third-order valence-corrected chi connectivity index (χ3v) is 5.40. The lowest BCUT2D eigenvalue weighted by atomic mass is 10.1. The van der Waals surface area contributed by atoms with Crippen molar-refractivity contribution in [3.63, 3.8) is 0 Å². The Labute approximate surface area is 129 Å². The number of hydrogen-bond acceptors (Lipinski definition) is 3. The highest BCUT2D eigenvalue weighted by atomic mass is 79.9. The zero-order chi connectivity index (χ0) is 13.2. The minimum Gasteiger partial charge on any atom is -0.484 e. The number of halogens is 2. The molecular weight excluding hydrogens is 346 g/mol. The van der Waals surface area contributed by atoms with E-state index in [1.165, 1.54) is 10.4 Å². The van der Waals surface area contributed by atoms with Gasteiger partial charge in [0.2, 0.25) is 0 Å². The highest BCUT2D eigenvalue weighted by molar-refractivity contribution is 9.10. The number of thiophene rings is 1. The van der Waals surface area contributed by atoms with E-state index in [-0.39, 0.29) is 6.10 Å². The largest absolute Gasteiger partial charge is 0.484 e. The summed E-state index contributed by atoms with van der Waals surface area (Å²) < 4.78 is 7.00. The van der Waals surface area contributed by atoms with Crippen molar-refractivity contribution in [3.05, 3.63) is 49.6 Å². The van der Waals surface area contributed by atoms with E-state index in [1.54, 1.807) is 11.3 Å². The molecule has 0 bridgehead atoms. The second-order valence-electron chi connectivity index (χ2n) is 4.42. The standard InChI is InChI=1S/C14H13BrClNOS/c15-10-2-1-3-12(14(10)16)18-11-4-6-17-8-13-9(11)5-7-19-13/h1-3,5,7,11,17H,4,6,8H2. The minimum atomic E-state index is 0.0723. The zero-order valence-electron chi connectivity index (χ0n) is 10.2. The molecule has 0 aliphatic carbocycles. The molecule has 1 aliphatic rings. The van der Waals surface area contributed by atoms with E-state index in [4.69, 9.17) is 16.3 Å². The Bertz CT molecular complexity index is 587. The minimum absolute atomic E-state index is 0.0723. The molecule has 1 aromatic carbocycles. The average Bonchev–Trinajstić information content (AvgIpc) is 2.79. The average molecular weight is 359 g/mol. The van der Waals surface area contributed by atoms with Crippen LogP contribution in [0.5, 0.6) is 5.75 Å². The molecule has 0 spiro atoms. The van der Waals surface area contributed by atoms with Crippen LogP contribution >= 0.6 is 38.9 Å². The van der Waals surface area contributed by atoms with Crippen molar-refractivity contribution < 1.29 is 4.74 Å². The number of ether oxygens (including phenoxy) is 1. The lowest BCUT2D eigenvalue weighted by Crippen LogP contribution is -2.14. The summed E-state index contributed by atoms with van der Waals surface area (Å²) in [5.41, 5.74) is 1.28. The van der Waals surface area contributed by atoms with Crippen molar-refractivity contribution in [1.82, 2.24) is 5.32 Å². The molecule has 2 nitrogen and oxygen atoms in total. The van der Waals surface area contributed by atoms with Gasteiger partial charge in [-0.05, 0) is 46.1 Å². The van der Waals surface area contributed by atoms with Crippen molar-refractivity contribution >= 4 is 38.9 Å². The Balaban J connectivity index is 1.89. The van der Waals surface area contributed by atoms with Gasteiger partial charge in [-0.1, -0.05) is 17.7 Å². The van der Waals surface area contributed by atoms with Crippen molar-refractivity contribution in [2.24, 2.45) is 0 Å². The van der Waals surface area contributed by atoms with Gasteiger partial charge in [-0.3, -0.25) is 0 Å². The van der Waals surface area contributed by atoms with E-state index in [1.807, 2.05) is 18.2 Å². The maximum atomic E-state index is 6.27. The maximum Gasteiger partial charge on any atom is 0.139 e. The van der Waals surface area contributed by atoms with E-state index in [0.717, 1.165) is 29.7 Å². The third kappa shape index (κ3) is 2.82. The fourth-order valence-electron chi connectivity index (χ4n) is 2.22. The molecule has 19 heavy (non-hydrogen) atoms. The van der Waals surface area contributed by atoms with Crippen LogP contribution in [0.4, 0.5) is 0 Å². The lowest BCUT2D eigenvalue weighted by molar-refractivity contribution is 0.198. The summed E-state index contributed by atoms with van der Waals surface area (Å²) in [6, 6.07) is 7.93. The summed E-state index contributed by atoms with van der Waals surface area (Å²) in [5, 5.41) is 6.18. The first kappa shape index (κ1) is 13.4. The molecule has 0 fully saturated rings. The zero-order valence-corrected chi connectivity index (χ0v) is 13.3. The number of fused-ring (bicyclic) bond motifs is 1. The van der Waals surface area contributed by atoms with Gasteiger partial charge in [0.15, 0.2) is 0 Å². The molecule has 0 amide bonds. The summed E-state index contributed by atoms with van der Waals surface area (Å²) >= 11 is 11.5. The van der Waals surface area contributed by atoms with E-state index in [9.17, 15) is 0 Å². The molecule has 100 valence electrons. The molecule has 1 unspecified atom stereocenters. The van der Waals surface area contributed by atoms with Crippen molar-refractivity contribution in [1.29, 1.82) is 0 Å². The maximum absolute atomic E-state index is 6.27. The van der Waals surface area contributed by atoms with Crippen molar-refractivity contribution in [2.45, 2.75) is 19.1 Å². The SMILES string of the molecule is Clc1c(Br)cccc1OC1CCNCc2sccc21. The first-order valence-electron chi connectivity index (χ1n) is 6.13. The lowest BCUT2D eigenvalue weighted by Gasteiger charge is -2.18. The summed E-state index contributed by atoms with van der Waals surface area (Å²) in [6.45, 7) is 1.89. The van der Waals surface area contributed by atoms with E-state index < -0.39 is 0 Å². The Morgan fingerprint density at radius 3 is 3.16 bits per heavy atom. The summed E-state index contributed by atoms with van der Waals surface area (Å²) in [5.74, 6) is 0.736. The Hall–Kier alpha value is -0.550. The van der Waals surface area contributed by atoms with Gasteiger partial charge in [-0.15, -0.1) is 11.3 Å². The van der Waals surface area contributed by atoms with Crippen LogP contribution in [0, 0.1) is 0 Å². The van der Waals surface area contributed by atoms with Gasteiger partial charge in [0.1, 0.15) is 11.9 Å². The third-order valence-electron chi connectivity index (χ3n) is 3.18. The molecule has 1 aliphatic heterocycles. The van der Waals surface area contributed by atoms with Crippen LogP contribution in [-0.4, -0.2) is 6.54 Å². The summed E-state index contributed by atoms with van der Waals surface area (Å²) in [4.78, 5) is 1.36. The van der Waals surface area contributed by atoms with Crippen LogP contribution in [-0.2, 0) is 6.54 Å². The van der Waals surface area contributed by atoms with E-state index in [0.29, 0.717) is 5.02 Å². The molecule has 0 radical (unpaired) electrons. The van der Waals surface area contributed by atoms with Gasteiger partial charge < -0.3 is 10.1 Å². The van der Waals surface area contributed by atoms with Crippen molar-refractivity contribution in [3.8, 4) is 5.75 Å². The first-order chi connectivity index (χ1) is 9.25. The van der Waals surface area contributed by atoms with Crippen LogP contribution in [0.2, 0.25) is 5.02 Å². The van der Waals surface area contributed by atoms with Gasteiger partial charge in [0, 0.05) is 27.9 Å².